The number of benzene rings is 1. The van der Waals surface area contributed by atoms with Crippen LogP contribution in [0.25, 0.3) is 0 Å². The van der Waals surface area contributed by atoms with Crippen LogP contribution in [-0.2, 0) is 0 Å². The third-order valence-electron chi connectivity index (χ3n) is 4.02. The summed E-state index contributed by atoms with van der Waals surface area (Å²) >= 11 is 6.08. The molecule has 0 amide bonds. The minimum atomic E-state index is 0.584. The second kappa shape index (κ2) is 7.51. The van der Waals surface area contributed by atoms with E-state index in [0.29, 0.717) is 11.9 Å². The Bertz CT molecular complexity index is 648. The van der Waals surface area contributed by atoms with Crippen LogP contribution in [0, 0.1) is 5.92 Å². The molecule has 6 heteroatoms. The smallest absolute Gasteiger partial charge is 0.224 e. The molecule has 1 saturated heterocycles. The average Bonchev–Trinajstić information content (AvgIpc) is 3.03. The highest BCUT2D eigenvalue weighted by molar-refractivity contribution is 6.30. The topological polar surface area (TPSA) is 53.1 Å². The molecule has 23 heavy (non-hydrogen) atoms. The molecule has 2 N–H and O–H groups in total. The second-order valence-electron chi connectivity index (χ2n) is 5.76. The van der Waals surface area contributed by atoms with E-state index in [0.717, 1.165) is 43.4 Å². The SMILES string of the molecule is CCNc1ccnc(NC[C@H]2CCN(c3cccc(Cl)c3)C2)n1. The summed E-state index contributed by atoms with van der Waals surface area (Å²) in [5.74, 6) is 2.13. The molecule has 3 rings (SSSR count). The van der Waals surface area contributed by atoms with Crippen molar-refractivity contribution in [2.45, 2.75) is 13.3 Å². The third-order valence-corrected chi connectivity index (χ3v) is 4.26. The molecule has 0 radical (unpaired) electrons. The summed E-state index contributed by atoms with van der Waals surface area (Å²) in [5, 5.41) is 7.34. The van der Waals surface area contributed by atoms with Gasteiger partial charge in [0.2, 0.25) is 5.95 Å². The lowest BCUT2D eigenvalue weighted by molar-refractivity contribution is 0.620. The van der Waals surface area contributed by atoms with Crippen LogP contribution in [0.4, 0.5) is 17.5 Å². The van der Waals surface area contributed by atoms with Gasteiger partial charge >= 0.3 is 0 Å². The van der Waals surface area contributed by atoms with Crippen molar-refractivity contribution in [2.75, 3.05) is 41.7 Å². The number of hydrogen-bond donors (Lipinski definition) is 2. The Morgan fingerprint density at radius 2 is 2.22 bits per heavy atom. The van der Waals surface area contributed by atoms with Crippen molar-refractivity contribution in [3.63, 3.8) is 0 Å². The monoisotopic (exact) mass is 331 g/mol. The highest BCUT2D eigenvalue weighted by Gasteiger charge is 2.22. The van der Waals surface area contributed by atoms with E-state index in [9.17, 15) is 0 Å². The van der Waals surface area contributed by atoms with Gasteiger partial charge in [-0.2, -0.15) is 4.98 Å². The predicted molar refractivity (Wildman–Crippen MR) is 96.5 cm³/mol. The fraction of sp³-hybridized carbons (Fsp3) is 0.412. The van der Waals surface area contributed by atoms with Crippen LogP contribution < -0.4 is 15.5 Å². The quantitative estimate of drug-likeness (QED) is 0.848. The number of rotatable bonds is 6. The number of aromatic nitrogens is 2. The van der Waals surface area contributed by atoms with Gasteiger partial charge in [0.25, 0.3) is 0 Å². The predicted octanol–water partition coefficient (Wildman–Crippen LogP) is 3.50. The molecule has 1 fully saturated rings. The molecule has 2 aromatic rings. The van der Waals surface area contributed by atoms with Gasteiger partial charge in [-0.05, 0) is 43.5 Å². The lowest BCUT2D eigenvalue weighted by Gasteiger charge is -2.19. The lowest BCUT2D eigenvalue weighted by atomic mass is 10.1. The number of nitrogens with zero attached hydrogens (tertiary/aromatic N) is 3. The van der Waals surface area contributed by atoms with Gasteiger partial charge in [0.05, 0.1) is 0 Å². The van der Waals surface area contributed by atoms with E-state index in [-0.39, 0.29) is 0 Å². The molecule has 5 nitrogen and oxygen atoms in total. The fourth-order valence-corrected chi connectivity index (χ4v) is 3.05. The van der Waals surface area contributed by atoms with Crippen LogP contribution in [0.2, 0.25) is 5.02 Å². The van der Waals surface area contributed by atoms with Gasteiger partial charge in [-0.25, -0.2) is 4.98 Å². The van der Waals surface area contributed by atoms with Crippen molar-refractivity contribution in [3.8, 4) is 0 Å². The molecular formula is C17H22ClN5. The average molecular weight is 332 g/mol. The minimum Gasteiger partial charge on any atom is -0.371 e. The van der Waals surface area contributed by atoms with Crippen molar-refractivity contribution in [1.29, 1.82) is 0 Å². The third kappa shape index (κ3) is 4.26. The molecule has 1 aliphatic rings. The Hall–Kier alpha value is -2.01. The van der Waals surface area contributed by atoms with E-state index in [1.54, 1.807) is 6.20 Å². The largest absolute Gasteiger partial charge is 0.371 e. The summed E-state index contributed by atoms with van der Waals surface area (Å²) in [6.45, 7) is 5.88. The molecule has 0 aliphatic carbocycles. The van der Waals surface area contributed by atoms with Gasteiger partial charge in [-0.15, -0.1) is 0 Å². The van der Waals surface area contributed by atoms with Gasteiger partial charge in [0, 0.05) is 43.1 Å². The molecule has 0 bridgehead atoms. The standard InChI is InChI=1S/C17H22ClN5/c1-2-19-16-6-8-20-17(22-16)21-11-13-7-9-23(12-13)15-5-3-4-14(18)10-15/h3-6,8,10,13H,2,7,9,11-12H2,1H3,(H2,19,20,21,22)/t13-/m1/s1. The van der Waals surface area contributed by atoms with Gasteiger partial charge < -0.3 is 15.5 Å². The summed E-state index contributed by atoms with van der Waals surface area (Å²) in [6, 6.07) is 9.94. The molecule has 1 atom stereocenters. The van der Waals surface area contributed by atoms with Gasteiger partial charge in [-0.1, -0.05) is 17.7 Å². The van der Waals surface area contributed by atoms with E-state index < -0.39 is 0 Å². The molecule has 0 unspecified atom stereocenters. The summed E-state index contributed by atoms with van der Waals surface area (Å²) in [4.78, 5) is 11.1. The van der Waals surface area contributed by atoms with Gasteiger partial charge in [-0.3, -0.25) is 0 Å². The summed E-state index contributed by atoms with van der Waals surface area (Å²) in [5.41, 5.74) is 1.20. The highest BCUT2D eigenvalue weighted by Crippen LogP contribution is 2.26. The number of nitrogens with one attached hydrogen (secondary N) is 2. The molecule has 1 aliphatic heterocycles. The van der Waals surface area contributed by atoms with E-state index >= 15 is 0 Å². The van der Waals surface area contributed by atoms with Crippen LogP contribution in [-0.4, -0.2) is 36.1 Å². The van der Waals surface area contributed by atoms with E-state index in [4.69, 9.17) is 11.6 Å². The molecular weight excluding hydrogens is 310 g/mol. The molecule has 2 heterocycles. The van der Waals surface area contributed by atoms with Crippen LogP contribution in [0.1, 0.15) is 13.3 Å². The summed E-state index contributed by atoms with van der Waals surface area (Å²) < 4.78 is 0. The van der Waals surface area contributed by atoms with Gasteiger partial charge in [0.1, 0.15) is 5.82 Å². The van der Waals surface area contributed by atoms with Crippen molar-refractivity contribution >= 4 is 29.1 Å². The zero-order valence-corrected chi connectivity index (χ0v) is 14.1. The Balaban J connectivity index is 1.53. The first kappa shape index (κ1) is 15.9. The maximum atomic E-state index is 6.08. The van der Waals surface area contributed by atoms with Crippen LogP contribution >= 0.6 is 11.6 Å². The lowest BCUT2D eigenvalue weighted by Crippen LogP contribution is -2.22. The zero-order chi connectivity index (χ0) is 16.1. The second-order valence-corrected chi connectivity index (χ2v) is 6.19. The Morgan fingerprint density at radius 1 is 1.30 bits per heavy atom. The number of halogens is 1. The van der Waals surface area contributed by atoms with E-state index in [1.807, 2.05) is 24.3 Å². The van der Waals surface area contributed by atoms with Crippen LogP contribution in [0.15, 0.2) is 36.5 Å². The maximum absolute atomic E-state index is 6.08. The van der Waals surface area contributed by atoms with Crippen molar-refractivity contribution < 1.29 is 0 Å². The number of hydrogen-bond acceptors (Lipinski definition) is 5. The zero-order valence-electron chi connectivity index (χ0n) is 13.3. The first-order valence-electron chi connectivity index (χ1n) is 8.06. The van der Waals surface area contributed by atoms with Crippen molar-refractivity contribution in [3.05, 3.63) is 41.6 Å². The molecule has 0 spiro atoms. The first-order valence-corrected chi connectivity index (χ1v) is 8.43. The minimum absolute atomic E-state index is 0.584. The molecule has 122 valence electrons. The summed E-state index contributed by atoms with van der Waals surface area (Å²) in [6.07, 6.45) is 2.94. The molecule has 1 aromatic carbocycles. The fourth-order valence-electron chi connectivity index (χ4n) is 2.87. The number of anilines is 3. The summed E-state index contributed by atoms with van der Waals surface area (Å²) in [7, 11) is 0. The van der Waals surface area contributed by atoms with E-state index in [2.05, 4.69) is 38.5 Å². The Kier molecular flexibility index (Phi) is 5.18. The normalized spacial score (nSPS) is 17.3. The van der Waals surface area contributed by atoms with E-state index in [1.165, 1.54) is 5.69 Å². The van der Waals surface area contributed by atoms with Crippen LogP contribution in [0.5, 0.6) is 0 Å². The Labute approximate surface area is 142 Å². The molecule has 0 saturated carbocycles. The molecule has 1 aromatic heterocycles. The van der Waals surface area contributed by atoms with Gasteiger partial charge in [0.15, 0.2) is 0 Å². The van der Waals surface area contributed by atoms with Crippen molar-refractivity contribution in [2.24, 2.45) is 5.92 Å². The maximum Gasteiger partial charge on any atom is 0.224 e. The van der Waals surface area contributed by atoms with Crippen LogP contribution in [0.3, 0.4) is 0 Å². The Morgan fingerprint density at radius 3 is 3.04 bits per heavy atom. The highest BCUT2D eigenvalue weighted by atomic mass is 35.5. The first-order chi connectivity index (χ1) is 11.2. The van der Waals surface area contributed by atoms with Crippen molar-refractivity contribution in [1.82, 2.24) is 9.97 Å².